The second-order valence-corrected chi connectivity index (χ2v) is 5.78. The molecule has 0 bridgehead atoms. The lowest BCUT2D eigenvalue weighted by molar-refractivity contribution is -0.627. The number of rotatable bonds is 6. The van der Waals surface area contributed by atoms with Crippen LogP contribution in [0.4, 0.5) is 0 Å². The van der Waals surface area contributed by atoms with Crippen molar-refractivity contribution in [1.82, 2.24) is 0 Å². The van der Waals surface area contributed by atoms with Gasteiger partial charge >= 0.3 is 0 Å². The zero-order valence-corrected chi connectivity index (χ0v) is 11.6. The molecular formula is C15H26NO+. The van der Waals surface area contributed by atoms with E-state index in [4.69, 9.17) is 4.74 Å². The molecule has 0 fully saturated rings. The molecule has 96 valence electrons. The molecule has 0 aliphatic carbocycles. The molecule has 0 heterocycles. The van der Waals surface area contributed by atoms with Gasteiger partial charge in [0, 0.05) is 6.42 Å². The minimum atomic E-state index is 0.347. The smallest absolute Gasteiger partial charge is 0.119 e. The molecule has 0 spiro atoms. The number of hydrogen-bond donors (Lipinski definition) is 1. The molecule has 17 heavy (non-hydrogen) atoms. The molecule has 1 aromatic carbocycles. The van der Waals surface area contributed by atoms with E-state index in [1.165, 1.54) is 5.56 Å². The summed E-state index contributed by atoms with van der Waals surface area (Å²) in [6.07, 6.45) is 2.21. The summed E-state index contributed by atoms with van der Waals surface area (Å²) in [5.41, 5.74) is 1.73. The van der Waals surface area contributed by atoms with Crippen molar-refractivity contribution in [3.05, 3.63) is 29.8 Å². The number of ether oxygens (including phenoxy) is 1. The predicted molar refractivity (Wildman–Crippen MR) is 72.4 cm³/mol. The summed E-state index contributed by atoms with van der Waals surface area (Å²) in [6.45, 7) is 8.72. The van der Waals surface area contributed by atoms with Crippen LogP contribution in [0.15, 0.2) is 24.3 Å². The SMILES string of the molecule is C[NH2+]CCCOc1ccc(CC(C)(C)C)cc1. The maximum atomic E-state index is 5.67. The van der Waals surface area contributed by atoms with Crippen molar-refractivity contribution in [3.8, 4) is 5.75 Å². The van der Waals surface area contributed by atoms with Crippen LogP contribution in [0.2, 0.25) is 0 Å². The highest BCUT2D eigenvalue weighted by molar-refractivity contribution is 5.27. The number of hydrogen-bond acceptors (Lipinski definition) is 1. The molecule has 1 rings (SSSR count). The van der Waals surface area contributed by atoms with Gasteiger partial charge in [0.15, 0.2) is 0 Å². The Balaban J connectivity index is 2.39. The molecule has 2 nitrogen and oxygen atoms in total. The Morgan fingerprint density at radius 3 is 2.29 bits per heavy atom. The van der Waals surface area contributed by atoms with Crippen LogP contribution < -0.4 is 10.1 Å². The first-order valence-corrected chi connectivity index (χ1v) is 6.51. The van der Waals surface area contributed by atoms with E-state index < -0.39 is 0 Å². The van der Waals surface area contributed by atoms with Crippen LogP contribution in [-0.4, -0.2) is 20.2 Å². The number of quaternary nitrogens is 1. The topological polar surface area (TPSA) is 25.8 Å². The van der Waals surface area contributed by atoms with Crippen molar-refractivity contribution in [2.75, 3.05) is 20.2 Å². The van der Waals surface area contributed by atoms with Gasteiger partial charge in [-0.25, -0.2) is 0 Å². The van der Waals surface area contributed by atoms with Crippen LogP contribution in [0.1, 0.15) is 32.8 Å². The highest BCUT2D eigenvalue weighted by Crippen LogP contribution is 2.22. The van der Waals surface area contributed by atoms with Gasteiger partial charge < -0.3 is 10.1 Å². The Hall–Kier alpha value is -1.02. The molecule has 0 saturated heterocycles. The van der Waals surface area contributed by atoms with Crippen molar-refractivity contribution >= 4 is 0 Å². The third kappa shape index (κ3) is 6.32. The van der Waals surface area contributed by atoms with Crippen molar-refractivity contribution in [2.24, 2.45) is 5.41 Å². The molecule has 0 aliphatic rings. The zero-order chi connectivity index (χ0) is 12.7. The standard InChI is InChI=1S/C15H25NO/c1-15(2,3)12-13-6-8-14(9-7-13)17-11-5-10-16-4/h6-9,16H,5,10-12H2,1-4H3/p+1. The van der Waals surface area contributed by atoms with Gasteiger partial charge in [-0.3, -0.25) is 0 Å². The van der Waals surface area contributed by atoms with E-state index in [0.29, 0.717) is 5.41 Å². The van der Waals surface area contributed by atoms with E-state index in [2.05, 4.69) is 57.4 Å². The first kappa shape index (κ1) is 14.0. The quantitative estimate of drug-likeness (QED) is 0.753. The van der Waals surface area contributed by atoms with Crippen LogP contribution in [0.3, 0.4) is 0 Å². The molecule has 0 saturated carbocycles. The Kier molecular flexibility index (Phi) is 5.49. The van der Waals surface area contributed by atoms with E-state index >= 15 is 0 Å². The van der Waals surface area contributed by atoms with E-state index in [1.807, 2.05) is 0 Å². The molecule has 0 unspecified atom stereocenters. The van der Waals surface area contributed by atoms with Gasteiger partial charge in [0.2, 0.25) is 0 Å². The minimum absolute atomic E-state index is 0.347. The van der Waals surface area contributed by atoms with Crippen LogP contribution in [0, 0.1) is 5.41 Å². The van der Waals surface area contributed by atoms with E-state index in [1.54, 1.807) is 0 Å². The maximum Gasteiger partial charge on any atom is 0.119 e. The highest BCUT2D eigenvalue weighted by Gasteiger charge is 2.10. The Morgan fingerprint density at radius 1 is 1.12 bits per heavy atom. The minimum Gasteiger partial charge on any atom is -0.493 e. The normalized spacial score (nSPS) is 11.5. The fourth-order valence-corrected chi connectivity index (χ4v) is 1.79. The summed E-state index contributed by atoms with van der Waals surface area (Å²) >= 11 is 0. The zero-order valence-electron chi connectivity index (χ0n) is 11.6. The average molecular weight is 236 g/mol. The molecular weight excluding hydrogens is 210 g/mol. The van der Waals surface area contributed by atoms with Gasteiger partial charge in [-0.05, 0) is 29.5 Å². The molecule has 0 amide bonds. The largest absolute Gasteiger partial charge is 0.493 e. The van der Waals surface area contributed by atoms with Gasteiger partial charge in [0.1, 0.15) is 5.75 Å². The molecule has 2 heteroatoms. The second kappa shape index (κ2) is 6.65. The van der Waals surface area contributed by atoms with Crippen molar-refractivity contribution < 1.29 is 10.1 Å². The van der Waals surface area contributed by atoms with Crippen molar-refractivity contribution in [3.63, 3.8) is 0 Å². The summed E-state index contributed by atoms with van der Waals surface area (Å²) < 4.78 is 5.67. The average Bonchev–Trinajstić information content (AvgIpc) is 2.25. The van der Waals surface area contributed by atoms with Gasteiger partial charge in [-0.15, -0.1) is 0 Å². The van der Waals surface area contributed by atoms with Crippen LogP contribution in [-0.2, 0) is 6.42 Å². The van der Waals surface area contributed by atoms with E-state index in [9.17, 15) is 0 Å². The lowest BCUT2D eigenvalue weighted by atomic mass is 9.88. The molecule has 0 aromatic heterocycles. The van der Waals surface area contributed by atoms with E-state index in [0.717, 1.165) is 31.7 Å². The summed E-state index contributed by atoms with van der Waals surface area (Å²) in [5, 5.41) is 2.18. The summed E-state index contributed by atoms with van der Waals surface area (Å²) in [5.74, 6) is 0.985. The Labute approximate surface area is 105 Å². The van der Waals surface area contributed by atoms with Crippen molar-refractivity contribution in [1.29, 1.82) is 0 Å². The van der Waals surface area contributed by atoms with Crippen LogP contribution in [0.5, 0.6) is 5.75 Å². The Morgan fingerprint density at radius 2 is 1.76 bits per heavy atom. The maximum absolute atomic E-state index is 5.67. The third-order valence-corrected chi connectivity index (χ3v) is 2.56. The first-order chi connectivity index (χ1) is 8.01. The number of nitrogens with two attached hydrogens (primary N) is 1. The van der Waals surface area contributed by atoms with Crippen LogP contribution in [0.25, 0.3) is 0 Å². The molecule has 0 aliphatic heterocycles. The van der Waals surface area contributed by atoms with Crippen LogP contribution >= 0.6 is 0 Å². The lowest BCUT2D eigenvalue weighted by Gasteiger charge is -2.18. The van der Waals surface area contributed by atoms with Gasteiger partial charge in [-0.2, -0.15) is 0 Å². The van der Waals surface area contributed by atoms with Crippen molar-refractivity contribution in [2.45, 2.75) is 33.6 Å². The monoisotopic (exact) mass is 236 g/mol. The summed E-state index contributed by atoms with van der Waals surface area (Å²) in [4.78, 5) is 0. The fraction of sp³-hybridized carbons (Fsp3) is 0.600. The lowest BCUT2D eigenvalue weighted by Crippen LogP contribution is -2.79. The third-order valence-electron chi connectivity index (χ3n) is 2.56. The fourth-order valence-electron chi connectivity index (χ4n) is 1.79. The first-order valence-electron chi connectivity index (χ1n) is 6.51. The van der Waals surface area contributed by atoms with E-state index in [-0.39, 0.29) is 0 Å². The predicted octanol–water partition coefficient (Wildman–Crippen LogP) is 2.24. The highest BCUT2D eigenvalue weighted by atomic mass is 16.5. The molecule has 1 aromatic rings. The van der Waals surface area contributed by atoms with Gasteiger partial charge in [0.05, 0.1) is 20.2 Å². The summed E-state index contributed by atoms with van der Waals surface area (Å²) in [6, 6.07) is 8.51. The number of benzene rings is 1. The molecule has 0 radical (unpaired) electrons. The Bertz CT molecular complexity index is 311. The molecule has 2 N–H and O–H groups in total. The second-order valence-electron chi connectivity index (χ2n) is 5.78. The van der Waals surface area contributed by atoms with Gasteiger partial charge in [-0.1, -0.05) is 32.9 Å². The molecule has 0 atom stereocenters. The summed E-state index contributed by atoms with van der Waals surface area (Å²) in [7, 11) is 2.08. The van der Waals surface area contributed by atoms with Gasteiger partial charge in [0.25, 0.3) is 0 Å².